The number of hydrogen-bond acceptors (Lipinski definition) is 5. The lowest BCUT2D eigenvalue weighted by atomic mass is 10.1. The Kier molecular flexibility index (Phi) is 5.86. The Balaban J connectivity index is 1.73. The summed E-state index contributed by atoms with van der Waals surface area (Å²) in [7, 11) is -2.32. The van der Waals surface area contributed by atoms with Gasteiger partial charge in [-0.15, -0.1) is 0 Å². The van der Waals surface area contributed by atoms with Gasteiger partial charge in [-0.3, -0.25) is 4.79 Å². The first-order valence-electron chi connectivity index (χ1n) is 8.37. The lowest BCUT2D eigenvalue weighted by molar-refractivity contribution is 0.415. The molecule has 0 saturated heterocycles. The Morgan fingerprint density at radius 1 is 1.11 bits per heavy atom. The molecule has 0 spiro atoms. The molecule has 7 nitrogen and oxygen atoms in total. The molecule has 2 aromatic carbocycles. The summed E-state index contributed by atoms with van der Waals surface area (Å²) in [5, 5.41) is 4.27. The van der Waals surface area contributed by atoms with Gasteiger partial charge in [0.15, 0.2) is 0 Å². The van der Waals surface area contributed by atoms with Crippen LogP contribution in [0.15, 0.2) is 70.4 Å². The molecule has 3 rings (SSSR count). The fourth-order valence-corrected chi connectivity index (χ4v) is 3.58. The summed E-state index contributed by atoms with van der Waals surface area (Å²) in [6.45, 7) is -0.0464. The Labute approximate surface area is 161 Å². The van der Waals surface area contributed by atoms with E-state index in [0.717, 1.165) is 17.7 Å². The third kappa shape index (κ3) is 4.62. The minimum Gasteiger partial charge on any atom is -0.497 e. The van der Waals surface area contributed by atoms with Crippen molar-refractivity contribution >= 4 is 10.0 Å². The Morgan fingerprint density at radius 2 is 1.86 bits per heavy atom. The molecule has 28 heavy (non-hydrogen) atoms. The van der Waals surface area contributed by atoms with Crippen LogP contribution in [0.1, 0.15) is 0 Å². The zero-order valence-electron chi connectivity index (χ0n) is 15.0. The first kappa shape index (κ1) is 19.7. The molecule has 0 bridgehead atoms. The minimum atomic E-state index is -3.88. The molecule has 0 aliphatic carbocycles. The van der Waals surface area contributed by atoms with Crippen molar-refractivity contribution < 1.29 is 17.5 Å². The van der Waals surface area contributed by atoms with Gasteiger partial charge in [0.2, 0.25) is 10.0 Å². The van der Waals surface area contributed by atoms with E-state index in [-0.39, 0.29) is 23.5 Å². The highest BCUT2D eigenvalue weighted by Crippen LogP contribution is 2.19. The van der Waals surface area contributed by atoms with Crippen molar-refractivity contribution in [2.24, 2.45) is 0 Å². The number of sulfonamides is 1. The monoisotopic (exact) mass is 403 g/mol. The Bertz CT molecular complexity index is 1130. The maximum atomic E-state index is 13.2. The zero-order valence-corrected chi connectivity index (χ0v) is 15.8. The van der Waals surface area contributed by atoms with Gasteiger partial charge in [0, 0.05) is 18.2 Å². The van der Waals surface area contributed by atoms with E-state index in [9.17, 15) is 17.6 Å². The first-order valence-corrected chi connectivity index (χ1v) is 9.85. The smallest absolute Gasteiger partial charge is 0.266 e. The number of halogens is 1. The number of hydrogen-bond donors (Lipinski definition) is 1. The van der Waals surface area contributed by atoms with Crippen molar-refractivity contribution in [1.29, 1.82) is 0 Å². The van der Waals surface area contributed by atoms with Crippen LogP contribution in [-0.4, -0.2) is 31.9 Å². The van der Waals surface area contributed by atoms with Gasteiger partial charge < -0.3 is 4.74 Å². The SMILES string of the molecule is COc1ccc(-c2ccc(=O)n(CCNS(=O)(=O)c3cccc(F)c3)n2)cc1. The molecule has 0 unspecified atom stereocenters. The molecule has 0 aliphatic rings. The largest absolute Gasteiger partial charge is 0.497 e. The third-order valence-electron chi connectivity index (χ3n) is 3.97. The highest BCUT2D eigenvalue weighted by molar-refractivity contribution is 7.89. The van der Waals surface area contributed by atoms with Crippen LogP contribution in [0.2, 0.25) is 0 Å². The van der Waals surface area contributed by atoms with Crippen LogP contribution in [0, 0.1) is 5.82 Å². The van der Waals surface area contributed by atoms with Crippen LogP contribution in [0.4, 0.5) is 4.39 Å². The second-order valence-electron chi connectivity index (χ2n) is 5.86. The van der Waals surface area contributed by atoms with Crippen LogP contribution in [0.5, 0.6) is 5.75 Å². The molecule has 0 aliphatic heterocycles. The second kappa shape index (κ2) is 8.32. The van der Waals surface area contributed by atoms with E-state index >= 15 is 0 Å². The molecule has 1 N–H and O–H groups in total. The number of methoxy groups -OCH3 is 1. The predicted octanol–water partition coefficient (Wildman–Crippen LogP) is 2.04. The van der Waals surface area contributed by atoms with E-state index in [0.29, 0.717) is 11.4 Å². The molecular formula is C19H18FN3O4S. The molecule has 9 heteroatoms. The van der Waals surface area contributed by atoms with Gasteiger partial charge in [0.05, 0.1) is 24.2 Å². The molecule has 0 radical (unpaired) electrons. The van der Waals surface area contributed by atoms with Crippen molar-refractivity contribution in [3.05, 3.63) is 76.8 Å². The third-order valence-corrected chi connectivity index (χ3v) is 5.43. The molecule has 0 saturated carbocycles. The van der Waals surface area contributed by atoms with E-state index in [2.05, 4.69) is 9.82 Å². The number of nitrogens with one attached hydrogen (secondary N) is 1. The summed E-state index contributed by atoms with van der Waals surface area (Å²) < 4.78 is 46.3. The van der Waals surface area contributed by atoms with Gasteiger partial charge in [-0.25, -0.2) is 22.2 Å². The highest BCUT2D eigenvalue weighted by atomic mass is 32.2. The summed E-state index contributed by atoms with van der Waals surface area (Å²) in [6.07, 6.45) is 0. The number of rotatable bonds is 7. The molecule has 1 heterocycles. The van der Waals surface area contributed by atoms with Crippen LogP contribution in [-0.2, 0) is 16.6 Å². The fraction of sp³-hybridized carbons (Fsp3) is 0.158. The van der Waals surface area contributed by atoms with Gasteiger partial charge in [0.1, 0.15) is 11.6 Å². The van der Waals surface area contributed by atoms with Crippen LogP contribution < -0.4 is 15.0 Å². The van der Waals surface area contributed by atoms with E-state index in [1.165, 1.54) is 22.9 Å². The number of aromatic nitrogens is 2. The quantitative estimate of drug-likeness (QED) is 0.652. The highest BCUT2D eigenvalue weighted by Gasteiger charge is 2.14. The number of ether oxygens (including phenoxy) is 1. The van der Waals surface area contributed by atoms with Crippen LogP contribution in [0.3, 0.4) is 0 Å². The van der Waals surface area contributed by atoms with Gasteiger partial charge >= 0.3 is 0 Å². The van der Waals surface area contributed by atoms with Crippen molar-refractivity contribution in [2.45, 2.75) is 11.4 Å². The van der Waals surface area contributed by atoms with Crippen molar-refractivity contribution in [3.63, 3.8) is 0 Å². The van der Waals surface area contributed by atoms with Gasteiger partial charge in [0.25, 0.3) is 5.56 Å². The van der Waals surface area contributed by atoms with Crippen molar-refractivity contribution in [1.82, 2.24) is 14.5 Å². The van der Waals surface area contributed by atoms with Gasteiger partial charge in [-0.2, -0.15) is 5.10 Å². The number of benzene rings is 2. The zero-order chi connectivity index (χ0) is 20.1. The molecule has 146 valence electrons. The average Bonchev–Trinajstić information content (AvgIpc) is 2.69. The molecular weight excluding hydrogens is 385 g/mol. The normalized spacial score (nSPS) is 11.4. The second-order valence-corrected chi connectivity index (χ2v) is 7.63. The minimum absolute atomic E-state index is 0.0252. The maximum absolute atomic E-state index is 13.2. The average molecular weight is 403 g/mol. The van der Waals surface area contributed by atoms with Gasteiger partial charge in [-0.05, 0) is 48.5 Å². The number of nitrogens with zero attached hydrogens (tertiary/aromatic N) is 2. The molecule has 3 aromatic rings. The van der Waals surface area contributed by atoms with E-state index < -0.39 is 15.8 Å². The molecule has 0 fully saturated rings. The van der Waals surface area contributed by atoms with Crippen LogP contribution >= 0.6 is 0 Å². The Morgan fingerprint density at radius 3 is 2.54 bits per heavy atom. The summed E-state index contributed by atoms with van der Waals surface area (Å²) in [4.78, 5) is 11.8. The van der Waals surface area contributed by atoms with Crippen molar-refractivity contribution in [2.75, 3.05) is 13.7 Å². The van der Waals surface area contributed by atoms with E-state index in [1.807, 2.05) is 12.1 Å². The van der Waals surface area contributed by atoms with E-state index in [1.54, 1.807) is 25.3 Å². The molecule has 0 atom stereocenters. The maximum Gasteiger partial charge on any atom is 0.266 e. The standard InChI is InChI=1S/C19H18FN3O4S/c1-27-16-7-5-14(6-8-16)18-9-10-19(24)23(22-18)12-11-21-28(25,26)17-4-2-3-15(20)13-17/h2-10,13,21H,11-12H2,1H3. The lowest BCUT2D eigenvalue weighted by Gasteiger charge is -2.09. The first-order chi connectivity index (χ1) is 13.4. The van der Waals surface area contributed by atoms with Gasteiger partial charge in [-0.1, -0.05) is 6.07 Å². The van der Waals surface area contributed by atoms with Crippen molar-refractivity contribution in [3.8, 4) is 17.0 Å². The molecule has 0 amide bonds. The lowest BCUT2D eigenvalue weighted by Crippen LogP contribution is -2.32. The fourth-order valence-electron chi connectivity index (χ4n) is 2.53. The Hall–Kier alpha value is -3.04. The van der Waals surface area contributed by atoms with Crippen LogP contribution in [0.25, 0.3) is 11.3 Å². The molecule has 1 aromatic heterocycles. The topological polar surface area (TPSA) is 90.3 Å². The predicted molar refractivity (Wildman–Crippen MR) is 102 cm³/mol. The summed E-state index contributed by atoms with van der Waals surface area (Å²) >= 11 is 0. The summed E-state index contributed by atoms with van der Waals surface area (Å²) in [6, 6.07) is 14.8. The summed E-state index contributed by atoms with van der Waals surface area (Å²) in [5.41, 5.74) is 0.993. The van der Waals surface area contributed by atoms with E-state index in [4.69, 9.17) is 4.74 Å². The summed E-state index contributed by atoms with van der Waals surface area (Å²) in [5.74, 6) is 0.0526.